The maximum Gasteiger partial charge on any atom is 0.761 e. The molecule has 0 aliphatic carbocycles. The third kappa shape index (κ3) is 79.3. The van der Waals surface area contributed by atoms with Gasteiger partial charge in [0.25, 0.3) is 0 Å². The summed E-state index contributed by atoms with van der Waals surface area (Å²) in [5.74, 6) is 0. The van der Waals surface area contributed by atoms with Gasteiger partial charge in [-0.25, -0.2) is 0 Å². The Hall–Kier alpha value is 1.01. The maximum atomic E-state index is 8.74. The molecule has 0 aromatic rings. The van der Waals surface area contributed by atoms with Crippen LogP contribution in [0.2, 0.25) is 0 Å². The van der Waals surface area contributed by atoms with Crippen LogP contribution in [0.25, 0.3) is 0 Å². The minimum absolute atomic E-state index is 0. The summed E-state index contributed by atoms with van der Waals surface area (Å²) in [5, 5.41) is 0. The van der Waals surface area contributed by atoms with Gasteiger partial charge in [0.1, 0.15) is 0 Å². The molecule has 0 aliphatic rings. The van der Waals surface area contributed by atoms with Crippen LogP contribution in [0.5, 0.6) is 0 Å². The Balaban J connectivity index is -0.0000000450. The molecule has 0 rings (SSSR count). The van der Waals surface area contributed by atoms with Crippen molar-refractivity contribution in [2.45, 2.75) is 0 Å². The van der Waals surface area contributed by atoms with Crippen LogP contribution in [0.4, 0.5) is 0 Å². The first-order chi connectivity index (χ1) is 1.73. The maximum absolute atomic E-state index is 8.74. The first kappa shape index (κ1) is 15.7. The van der Waals surface area contributed by atoms with Crippen molar-refractivity contribution in [1.82, 2.24) is 0 Å². The van der Waals surface area contributed by atoms with Crippen molar-refractivity contribution >= 4 is 32.2 Å². The summed E-state index contributed by atoms with van der Waals surface area (Å²) in [4.78, 5) is 14.3. The van der Waals surface area contributed by atoms with Crippen LogP contribution in [0, 0.1) is 0 Å². The van der Waals surface area contributed by atoms with Crippen molar-refractivity contribution in [3.05, 3.63) is 0 Å². The fraction of sp³-hybridized carbons (Fsp3) is 0. The molecule has 0 amide bonds. The molecule has 0 aromatic carbocycles. The Bertz CT molecular complexity index is 33.8. The van der Waals surface area contributed by atoms with Gasteiger partial charge in [-0.1, -0.05) is 0 Å². The minimum atomic E-state index is -3.13. The van der Waals surface area contributed by atoms with Crippen molar-refractivity contribution in [3.8, 4) is 0 Å². The van der Waals surface area contributed by atoms with E-state index < -0.39 is 9.17 Å². The first-order valence-electron chi connectivity index (χ1n) is 0.651. The van der Waals surface area contributed by atoms with E-state index in [-0.39, 0.29) is 42.5 Å². The predicted octanol–water partition coefficient (Wildman–Crippen LogP) is -2.53. The van der Waals surface area contributed by atoms with Crippen molar-refractivity contribution in [1.29, 1.82) is 0 Å². The quantitative estimate of drug-likeness (QED) is 0.394. The van der Waals surface area contributed by atoms with E-state index in [9.17, 15) is 0 Å². The normalized spacial score (nSPS) is 4.00. The number of hydrogen-bond donors (Lipinski definition) is 2. The van der Waals surface area contributed by atoms with E-state index in [0.717, 1.165) is 0 Å². The standard InChI is InChI=1S/Mg.H2O3Si.Zn.2H/c;1-4(2)3;;;/h;1-2H;;;. The SMILES string of the molecule is O=[Si](O)O.[MgH2].[Zn]. The molecule has 0 radical (unpaired) electrons. The second-order valence-electron chi connectivity index (χ2n) is 0.283. The zero-order valence-electron chi connectivity index (χ0n) is 2.51. The third-order valence-corrected chi connectivity index (χ3v) is 0. The van der Waals surface area contributed by atoms with Gasteiger partial charge in [-0.15, -0.1) is 0 Å². The molecule has 0 saturated heterocycles. The Kier molecular flexibility index (Phi) is 24.6. The van der Waals surface area contributed by atoms with Gasteiger partial charge in [0.15, 0.2) is 0 Å². The molecule has 0 aromatic heterocycles. The third-order valence-electron chi connectivity index (χ3n) is 0. The van der Waals surface area contributed by atoms with Crippen LogP contribution in [-0.2, 0) is 23.9 Å². The van der Waals surface area contributed by atoms with Gasteiger partial charge in [-0.2, -0.15) is 0 Å². The smallest absolute Gasteiger partial charge is 0.511 e. The Morgan fingerprint density at radius 3 is 1.33 bits per heavy atom. The van der Waals surface area contributed by atoms with Gasteiger partial charge >= 0.3 is 32.2 Å². The van der Waals surface area contributed by atoms with E-state index in [2.05, 4.69) is 0 Å². The molecule has 0 aliphatic heterocycles. The zero-order chi connectivity index (χ0) is 3.58. The largest absolute Gasteiger partial charge is 0.761 e. The molecular formula is H4MgO3SiZn. The summed E-state index contributed by atoms with van der Waals surface area (Å²) in [6.07, 6.45) is 0. The van der Waals surface area contributed by atoms with Crippen LogP contribution >= 0.6 is 0 Å². The van der Waals surface area contributed by atoms with E-state index in [1.54, 1.807) is 0 Å². The molecule has 30 valence electrons. The summed E-state index contributed by atoms with van der Waals surface area (Å²) in [7, 11) is -3.13. The minimum Gasteiger partial charge on any atom is -0.511 e. The zero-order valence-corrected chi connectivity index (χ0v) is 6.48. The molecule has 0 atom stereocenters. The van der Waals surface area contributed by atoms with Crippen molar-refractivity contribution in [3.63, 3.8) is 0 Å². The Morgan fingerprint density at radius 1 is 1.33 bits per heavy atom. The van der Waals surface area contributed by atoms with Crippen molar-refractivity contribution in [2.24, 2.45) is 0 Å². The second kappa shape index (κ2) is 9.38. The molecule has 0 heterocycles. The van der Waals surface area contributed by atoms with Gasteiger partial charge in [0.2, 0.25) is 0 Å². The summed E-state index contributed by atoms with van der Waals surface area (Å²) < 4.78 is 8.74. The van der Waals surface area contributed by atoms with Crippen LogP contribution in [-0.4, -0.2) is 41.8 Å². The fourth-order valence-corrected chi connectivity index (χ4v) is 0. The van der Waals surface area contributed by atoms with E-state index in [0.29, 0.717) is 0 Å². The summed E-state index contributed by atoms with van der Waals surface area (Å²) in [6.45, 7) is 0. The first-order valence-corrected chi connectivity index (χ1v) is 1.95. The van der Waals surface area contributed by atoms with Crippen molar-refractivity contribution in [2.75, 3.05) is 0 Å². The average Bonchev–Trinajstić information content (AvgIpc) is 0.811. The molecule has 0 fully saturated rings. The van der Waals surface area contributed by atoms with Gasteiger partial charge in [0.05, 0.1) is 0 Å². The molecule has 3 nitrogen and oxygen atoms in total. The number of hydrogen-bond acceptors (Lipinski definition) is 1. The van der Waals surface area contributed by atoms with E-state index in [1.165, 1.54) is 0 Å². The Morgan fingerprint density at radius 2 is 1.33 bits per heavy atom. The molecule has 2 N–H and O–H groups in total. The second-order valence-corrected chi connectivity index (χ2v) is 0.848. The molecule has 0 bridgehead atoms. The monoisotopic (exact) mass is 168 g/mol. The van der Waals surface area contributed by atoms with Crippen LogP contribution in [0.15, 0.2) is 0 Å². The van der Waals surface area contributed by atoms with Gasteiger partial charge < -0.3 is 9.59 Å². The van der Waals surface area contributed by atoms with Gasteiger partial charge in [0, 0.05) is 19.5 Å². The molecule has 6 heteroatoms. The molecular weight excluding hydrogens is 166 g/mol. The van der Waals surface area contributed by atoms with Crippen molar-refractivity contribution < 1.29 is 33.5 Å². The van der Waals surface area contributed by atoms with Gasteiger partial charge in [-0.05, 0) is 0 Å². The fourth-order valence-electron chi connectivity index (χ4n) is 0. The van der Waals surface area contributed by atoms with Crippen LogP contribution in [0.1, 0.15) is 0 Å². The Labute approximate surface area is 65.6 Å². The summed E-state index contributed by atoms with van der Waals surface area (Å²) >= 11 is 0. The molecule has 6 heavy (non-hydrogen) atoms. The molecule has 0 unspecified atom stereocenters. The van der Waals surface area contributed by atoms with E-state index >= 15 is 0 Å². The van der Waals surface area contributed by atoms with Crippen LogP contribution in [0.3, 0.4) is 0 Å². The van der Waals surface area contributed by atoms with E-state index in [1.807, 2.05) is 0 Å². The summed E-state index contributed by atoms with van der Waals surface area (Å²) in [5.41, 5.74) is 0. The topological polar surface area (TPSA) is 57.5 Å². The average molecular weight is 170 g/mol. The molecule has 0 spiro atoms. The van der Waals surface area contributed by atoms with Gasteiger partial charge in [-0.3, -0.25) is 4.46 Å². The van der Waals surface area contributed by atoms with E-state index in [4.69, 9.17) is 14.1 Å². The number of rotatable bonds is 0. The molecule has 0 saturated carbocycles. The predicted molar refractivity (Wildman–Crippen MR) is 19.4 cm³/mol. The summed E-state index contributed by atoms with van der Waals surface area (Å²) in [6, 6.07) is 0. The van der Waals surface area contributed by atoms with Crippen LogP contribution < -0.4 is 0 Å².